The van der Waals surface area contributed by atoms with Crippen LogP contribution in [0.4, 0.5) is 0 Å². The molecule has 1 atom stereocenters. The molecule has 1 N–H and O–H groups in total. The molecule has 1 aliphatic rings. The Kier molecular flexibility index (Phi) is 1.85. The van der Waals surface area contributed by atoms with Crippen molar-refractivity contribution >= 4 is 15.9 Å². The van der Waals surface area contributed by atoms with Crippen molar-refractivity contribution in [2.75, 3.05) is 7.11 Å². The van der Waals surface area contributed by atoms with Crippen molar-refractivity contribution in [3.8, 4) is 5.75 Å². The quantitative estimate of drug-likeness (QED) is 0.798. The first-order valence-corrected chi connectivity index (χ1v) is 4.56. The standard InChI is InChI=1S/C9H9BrO2/c1-12-8-3-2-6(10)5-4-7(11)9(5)8/h2-3,7,11H,4H2,1H3. The molecule has 2 nitrogen and oxygen atoms in total. The maximum atomic E-state index is 9.44. The third kappa shape index (κ3) is 0.967. The summed E-state index contributed by atoms with van der Waals surface area (Å²) in [5.41, 5.74) is 2.11. The van der Waals surface area contributed by atoms with Gasteiger partial charge in [-0.2, -0.15) is 0 Å². The lowest BCUT2D eigenvalue weighted by atomic mass is 9.85. The first kappa shape index (κ1) is 8.08. The molecule has 2 rings (SSSR count). The van der Waals surface area contributed by atoms with Crippen LogP contribution in [-0.2, 0) is 6.42 Å². The molecule has 0 saturated heterocycles. The number of hydrogen-bond acceptors (Lipinski definition) is 2. The minimum absolute atomic E-state index is 0.340. The van der Waals surface area contributed by atoms with Crippen LogP contribution in [0, 0.1) is 0 Å². The second-order valence-corrected chi connectivity index (χ2v) is 3.72. The summed E-state index contributed by atoms with van der Waals surface area (Å²) in [5.74, 6) is 0.784. The van der Waals surface area contributed by atoms with Crippen molar-refractivity contribution in [1.29, 1.82) is 0 Å². The van der Waals surface area contributed by atoms with Crippen molar-refractivity contribution < 1.29 is 9.84 Å². The van der Waals surface area contributed by atoms with Crippen molar-refractivity contribution in [3.05, 3.63) is 27.7 Å². The predicted octanol–water partition coefficient (Wildman–Crippen LogP) is 2.05. The molecule has 0 heterocycles. The summed E-state index contributed by atoms with van der Waals surface area (Å²) in [4.78, 5) is 0. The van der Waals surface area contributed by atoms with Gasteiger partial charge in [0.1, 0.15) is 5.75 Å². The molecule has 1 aliphatic carbocycles. The number of fused-ring (bicyclic) bond motifs is 1. The second-order valence-electron chi connectivity index (χ2n) is 2.86. The maximum Gasteiger partial charge on any atom is 0.125 e. The lowest BCUT2D eigenvalue weighted by Crippen LogP contribution is -2.18. The number of rotatable bonds is 1. The third-order valence-electron chi connectivity index (χ3n) is 2.21. The smallest absolute Gasteiger partial charge is 0.125 e. The van der Waals surface area contributed by atoms with E-state index in [0.29, 0.717) is 0 Å². The van der Waals surface area contributed by atoms with Gasteiger partial charge in [-0.25, -0.2) is 0 Å². The zero-order valence-electron chi connectivity index (χ0n) is 6.67. The number of benzene rings is 1. The summed E-state index contributed by atoms with van der Waals surface area (Å²) in [6.07, 6.45) is 0.389. The van der Waals surface area contributed by atoms with E-state index in [4.69, 9.17) is 4.74 Å². The molecule has 1 aromatic carbocycles. The molecule has 0 saturated carbocycles. The number of aliphatic hydroxyl groups excluding tert-OH is 1. The van der Waals surface area contributed by atoms with Gasteiger partial charge in [0.25, 0.3) is 0 Å². The van der Waals surface area contributed by atoms with Crippen LogP contribution in [0.15, 0.2) is 16.6 Å². The molecule has 0 radical (unpaired) electrons. The van der Waals surface area contributed by atoms with Gasteiger partial charge in [-0.05, 0) is 17.7 Å². The Labute approximate surface area is 79.3 Å². The molecule has 0 amide bonds. The van der Waals surface area contributed by atoms with Crippen LogP contribution in [0.25, 0.3) is 0 Å². The molecule has 3 heteroatoms. The highest BCUT2D eigenvalue weighted by molar-refractivity contribution is 9.10. The van der Waals surface area contributed by atoms with E-state index in [1.54, 1.807) is 7.11 Å². The summed E-state index contributed by atoms with van der Waals surface area (Å²) in [7, 11) is 1.62. The topological polar surface area (TPSA) is 29.5 Å². The fraction of sp³-hybridized carbons (Fsp3) is 0.333. The lowest BCUT2D eigenvalue weighted by Gasteiger charge is -2.28. The Bertz CT molecular complexity index is 323. The van der Waals surface area contributed by atoms with Gasteiger partial charge in [-0.1, -0.05) is 15.9 Å². The van der Waals surface area contributed by atoms with Crippen LogP contribution >= 0.6 is 15.9 Å². The first-order chi connectivity index (χ1) is 5.74. The molecule has 0 bridgehead atoms. The largest absolute Gasteiger partial charge is 0.496 e. The summed E-state index contributed by atoms with van der Waals surface area (Å²) in [5, 5.41) is 9.44. The molecule has 0 aromatic heterocycles. The first-order valence-electron chi connectivity index (χ1n) is 3.77. The van der Waals surface area contributed by atoms with Crippen LogP contribution in [-0.4, -0.2) is 12.2 Å². The van der Waals surface area contributed by atoms with E-state index in [2.05, 4.69) is 15.9 Å². The SMILES string of the molecule is COc1ccc(Br)c2c1C(O)C2. The van der Waals surface area contributed by atoms with Crippen molar-refractivity contribution in [2.24, 2.45) is 0 Å². The predicted molar refractivity (Wildman–Crippen MR) is 49.4 cm³/mol. The molecule has 64 valence electrons. The van der Waals surface area contributed by atoms with Gasteiger partial charge in [0.2, 0.25) is 0 Å². The van der Waals surface area contributed by atoms with Crippen LogP contribution in [0.2, 0.25) is 0 Å². The van der Waals surface area contributed by atoms with E-state index in [1.165, 1.54) is 5.56 Å². The number of halogens is 1. The molecule has 0 spiro atoms. The normalized spacial score (nSPS) is 19.8. The van der Waals surface area contributed by atoms with Gasteiger partial charge in [0.05, 0.1) is 13.2 Å². The Morgan fingerprint density at radius 3 is 2.92 bits per heavy atom. The summed E-state index contributed by atoms with van der Waals surface area (Å²) < 4.78 is 6.18. The Hall–Kier alpha value is -0.540. The molecular weight excluding hydrogens is 220 g/mol. The van der Waals surface area contributed by atoms with Gasteiger partial charge in [0.15, 0.2) is 0 Å². The van der Waals surface area contributed by atoms with Crippen molar-refractivity contribution in [3.63, 3.8) is 0 Å². The average molecular weight is 229 g/mol. The molecular formula is C9H9BrO2. The average Bonchev–Trinajstić information content (AvgIpc) is 2.06. The van der Waals surface area contributed by atoms with Crippen molar-refractivity contribution in [1.82, 2.24) is 0 Å². The van der Waals surface area contributed by atoms with E-state index >= 15 is 0 Å². The van der Waals surface area contributed by atoms with E-state index in [1.807, 2.05) is 12.1 Å². The fourth-order valence-electron chi connectivity index (χ4n) is 1.53. The van der Waals surface area contributed by atoms with Gasteiger partial charge < -0.3 is 9.84 Å². The Balaban J connectivity index is 2.55. The van der Waals surface area contributed by atoms with E-state index < -0.39 is 0 Å². The number of ether oxygens (including phenoxy) is 1. The highest BCUT2D eigenvalue weighted by Crippen LogP contribution is 2.43. The van der Waals surface area contributed by atoms with Gasteiger partial charge in [-0.15, -0.1) is 0 Å². The Morgan fingerprint density at radius 1 is 1.58 bits per heavy atom. The highest BCUT2D eigenvalue weighted by Gasteiger charge is 2.29. The van der Waals surface area contributed by atoms with Crippen LogP contribution < -0.4 is 4.74 Å². The number of hydrogen-bond donors (Lipinski definition) is 1. The highest BCUT2D eigenvalue weighted by atomic mass is 79.9. The second kappa shape index (κ2) is 2.75. The monoisotopic (exact) mass is 228 g/mol. The molecule has 0 fully saturated rings. The van der Waals surface area contributed by atoms with E-state index in [9.17, 15) is 5.11 Å². The van der Waals surface area contributed by atoms with Crippen LogP contribution in [0.5, 0.6) is 5.75 Å². The molecule has 0 aliphatic heterocycles. The zero-order valence-corrected chi connectivity index (χ0v) is 8.26. The lowest BCUT2D eigenvalue weighted by molar-refractivity contribution is 0.148. The minimum Gasteiger partial charge on any atom is -0.496 e. The molecule has 1 aromatic rings. The fourth-order valence-corrected chi connectivity index (χ4v) is 2.04. The van der Waals surface area contributed by atoms with Crippen molar-refractivity contribution in [2.45, 2.75) is 12.5 Å². The van der Waals surface area contributed by atoms with Gasteiger partial charge in [-0.3, -0.25) is 0 Å². The van der Waals surface area contributed by atoms with Crippen LogP contribution in [0.3, 0.4) is 0 Å². The number of methoxy groups -OCH3 is 1. The minimum atomic E-state index is -0.340. The molecule has 12 heavy (non-hydrogen) atoms. The Morgan fingerprint density at radius 2 is 2.33 bits per heavy atom. The van der Waals surface area contributed by atoms with Gasteiger partial charge in [0, 0.05) is 16.5 Å². The van der Waals surface area contributed by atoms with E-state index in [0.717, 1.165) is 22.2 Å². The maximum absolute atomic E-state index is 9.44. The summed E-state index contributed by atoms with van der Waals surface area (Å²) >= 11 is 3.42. The number of aliphatic hydroxyl groups is 1. The third-order valence-corrected chi connectivity index (χ3v) is 2.95. The summed E-state index contributed by atoms with van der Waals surface area (Å²) in [6.45, 7) is 0. The summed E-state index contributed by atoms with van der Waals surface area (Å²) in [6, 6.07) is 3.81. The zero-order chi connectivity index (χ0) is 8.72. The van der Waals surface area contributed by atoms with Crippen LogP contribution in [0.1, 0.15) is 17.2 Å². The van der Waals surface area contributed by atoms with Gasteiger partial charge >= 0.3 is 0 Å². The van der Waals surface area contributed by atoms with E-state index in [-0.39, 0.29) is 6.10 Å². The molecule has 1 unspecified atom stereocenters.